The molecule has 1 aliphatic heterocycles. The molecule has 0 aromatic heterocycles. The summed E-state index contributed by atoms with van der Waals surface area (Å²) in [5.41, 5.74) is 2.82. The summed E-state index contributed by atoms with van der Waals surface area (Å²) in [6.07, 6.45) is 0.585. The number of anilines is 2. The van der Waals surface area contributed by atoms with Crippen molar-refractivity contribution in [2.45, 2.75) is 13.3 Å². The van der Waals surface area contributed by atoms with Crippen LogP contribution < -0.4 is 25.0 Å². The van der Waals surface area contributed by atoms with Gasteiger partial charge in [0.1, 0.15) is 10.7 Å². The van der Waals surface area contributed by atoms with E-state index < -0.39 is 11.8 Å². The molecule has 3 amide bonds. The highest BCUT2D eigenvalue weighted by Gasteiger charge is 2.39. The Morgan fingerprint density at radius 1 is 0.921 bits per heavy atom. The summed E-state index contributed by atoms with van der Waals surface area (Å²) in [4.78, 5) is 39.5. The van der Waals surface area contributed by atoms with Gasteiger partial charge in [-0.25, -0.2) is 4.90 Å². The zero-order valence-electron chi connectivity index (χ0n) is 20.9. The van der Waals surface area contributed by atoms with Crippen LogP contribution in [0.3, 0.4) is 0 Å². The van der Waals surface area contributed by atoms with Crippen LogP contribution in [0.25, 0.3) is 0 Å². The zero-order chi connectivity index (χ0) is 27.4. The number of nitrogens with one attached hydrogen (secondary N) is 2. The van der Waals surface area contributed by atoms with Gasteiger partial charge in [0.2, 0.25) is 0 Å². The van der Waals surface area contributed by atoms with Crippen molar-refractivity contribution in [1.29, 1.82) is 0 Å². The van der Waals surface area contributed by atoms with Crippen LogP contribution in [0.5, 0.6) is 11.5 Å². The van der Waals surface area contributed by atoms with Crippen LogP contribution in [-0.4, -0.2) is 38.5 Å². The molecule has 3 aromatic carbocycles. The molecule has 1 aliphatic rings. The number of ether oxygens (including phenoxy) is 2. The van der Waals surface area contributed by atoms with Gasteiger partial charge in [-0.1, -0.05) is 41.4 Å². The standard InChI is InChI=1S/C28H25Cl2N3O5/c1-16-7-9-20(15-21(16)29)33-27(35)24(30)25(28(33)36)32-19-6-4-5-18(14-19)26(34)31-12-11-17-8-10-22(37-2)23(13-17)38-3/h4-10,13-15,32H,11-12H2,1-3H3,(H,31,34). The van der Waals surface area contributed by atoms with E-state index in [-0.39, 0.29) is 16.6 Å². The minimum absolute atomic E-state index is 0.0839. The molecule has 3 aromatic rings. The molecule has 0 unspecified atom stereocenters. The molecule has 1 heterocycles. The summed E-state index contributed by atoms with van der Waals surface area (Å²) in [5, 5.41) is 5.94. The molecule has 0 saturated heterocycles. The van der Waals surface area contributed by atoms with Crippen molar-refractivity contribution in [2.24, 2.45) is 0 Å². The van der Waals surface area contributed by atoms with Crippen LogP contribution in [0.2, 0.25) is 5.02 Å². The van der Waals surface area contributed by atoms with E-state index in [9.17, 15) is 14.4 Å². The SMILES string of the molecule is COc1ccc(CCNC(=O)c2cccc(NC3=C(Cl)C(=O)N(c4ccc(C)c(Cl)c4)C3=O)c2)cc1OC. The first kappa shape index (κ1) is 27.0. The highest BCUT2D eigenvalue weighted by molar-refractivity contribution is 6.53. The van der Waals surface area contributed by atoms with Crippen molar-refractivity contribution < 1.29 is 23.9 Å². The van der Waals surface area contributed by atoms with Crippen LogP contribution in [0, 0.1) is 6.92 Å². The summed E-state index contributed by atoms with van der Waals surface area (Å²) in [5.74, 6) is -0.327. The summed E-state index contributed by atoms with van der Waals surface area (Å²) in [7, 11) is 3.14. The Hall–Kier alpha value is -4.01. The molecule has 0 bridgehead atoms. The molecular weight excluding hydrogens is 529 g/mol. The molecule has 10 heteroatoms. The largest absolute Gasteiger partial charge is 0.493 e. The molecule has 4 rings (SSSR count). The number of rotatable bonds is 9. The molecular formula is C28H25Cl2N3O5. The Kier molecular flexibility index (Phi) is 8.24. The van der Waals surface area contributed by atoms with E-state index in [2.05, 4.69) is 10.6 Å². The van der Waals surface area contributed by atoms with Crippen molar-refractivity contribution in [2.75, 3.05) is 31.0 Å². The van der Waals surface area contributed by atoms with E-state index in [1.54, 1.807) is 50.6 Å². The van der Waals surface area contributed by atoms with Crippen LogP contribution in [0.4, 0.5) is 11.4 Å². The van der Waals surface area contributed by atoms with Crippen LogP contribution in [0.1, 0.15) is 21.5 Å². The van der Waals surface area contributed by atoms with Gasteiger partial charge in [-0.2, -0.15) is 0 Å². The molecule has 196 valence electrons. The second kappa shape index (κ2) is 11.6. The number of methoxy groups -OCH3 is 2. The number of imide groups is 1. The highest BCUT2D eigenvalue weighted by atomic mass is 35.5. The van der Waals surface area contributed by atoms with E-state index in [0.717, 1.165) is 16.0 Å². The molecule has 8 nitrogen and oxygen atoms in total. The first-order valence-electron chi connectivity index (χ1n) is 11.6. The maximum absolute atomic E-state index is 13.1. The fourth-order valence-corrected chi connectivity index (χ4v) is 4.30. The predicted octanol–water partition coefficient (Wildman–Crippen LogP) is 5.07. The molecule has 2 N–H and O–H groups in total. The highest BCUT2D eigenvalue weighted by Crippen LogP contribution is 2.32. The first-order valence-corrected chi connectivity index (χ1v) is 12.4. The average Bonchev–Trinajstić information content (AvgIpc) is 3.13. The normalized spacial score (nSPS) is 13.1. The lowest BCUT2D eigenvalue weighted by Crippen LogP contribution is -2.32. The van der Waals surface area contributed by atoms with Gasteiger partial charge in [-0.05, 0) is 66.9 Å². The van der Waals surface area contributed by atoms with Gasteiger partial charge in [0.05, 0.1) is 19.9 Å². The number of benzene rings is 3. The van der Waals surface area contributed by atoms with E-state index in [1.807, 2.05) is 25.1 Å². The van der Waals surface area contributed by atoms with Gasteiger partial charge in [0.15, 0.2) is 11.5 Å². The van der Waals surface area contributed by atoms with Gasteiger partial charge in [0, 0.05) is 22.8 Å². The number of aryl methyl sites for hydroxylation is 1. The summed E-state index contributed by atoms with van der Waals surface area (Å²) in [6, 6.07) is 17.0. The van der Waals surface area contributed by atoms with Crippen molar-refractivity contribution in [1.82, 2.24) is 5.32 Å². The van der Waals surface area contributed by atoms with Gasteiger partial charge in [-0.3, -0.25) is 14.4 Å². The van der Waals surface area contributed by atoms with Gasteiger partial charge < -0.3 is 20.1 Å². The van der Waals surface area contributed by atoms with E-state index in [4.69, 9.17) is 32.7 Å². The molecule has 0 fully saturated rings. The van der Waals surface area contributed by atoms with Crippen molar-refractivity contribution in [3.63, 3.8) is 0 Å². The van der Waals surface area contributed by atoms with Crippen LogP contribution >= 0.6 is 23.2 Å². The molecule has 38 heavy (non-hydrogen) atoms. The third-order valence-corrected chi connectivity index (χ3v) is 6.74. The second-order valence-corrected chi connectivity index (χ2v) is 9.25. The Labute approximate surface area is 230 Å². The molecule has 0 atom stereocenters. The fourth-order valence-electron chi connectivity index (χ4n) is 3.91. The monoisotopic (exact) mass is 553 g/mol. The number of carbonyl (C=O) groups excluding carboxylic acids is 3. The van der Waals surface area contributed by atoms with Gasteiger partial charge in [-0.15, -0.1) is 0 Å². The minimum Gasteiger partial charge on any atom is -0.493 e. The minimum atomic E-state index is -0.664. The number of nitrogens with zero attached hydrogens (tertiary/aromatic N) is 1. The Morgan fingerprint density at radius 3 is 2.39 bits per heavy atom. The van der Waals surface area contributed by atoms with Gasteiger partial charge in [0.25, 0.3) is 17.7 Å². The van der Waals surface area contributed by atoms with Crippen molar-refractivity contribution in [3.8, 4) is 11.5 Å². The Morgan fingerprint density at radius 2 is 1.68 bits per heavy atom. The van der Waals surface area contributed by atoms with E-state index >= 15 is 0 Å². The molecule has 0 radical (unpaired) electrons. The Balaban J connectivity index is 1.42. The zero-order valence-corrected chi connectivity index (χ0v) is 22.4. The number of amides is 3. The number of hydrogen-bond donors (Lipinski definition) is 2. The number of hydrogen-bond acceptors (Lipinski definition) is 6. The first-order chi connectivity index (χ1) is 18.2. The van der Waals surface area contributed by atoms with Gasteiger partial charge >= 0.3 is 0 Å². The summed E-state index contributed by atoms with van der Waals surface area (Å²) >= 11 is 12.4. The smallest absolute Gasteiger partial charge is 0.283 e. The molecule has 0 aliphatic carbocycles. The molecule has 0 spiro atoms. The topological polar surface area (TPSA) is 97.0 Å². The quantitative estimate of drug-likeness (QED) is 0.359. The summed E-state index contributed by atoms with van der Waals surface area (Å²) < 4.78 is 10.6. The predicted molar refractivity (Wildman–Crippen MR) is 147 cm³/mol. The second-order valence-electron chi connectivity index (χ2n) is 8.47. The lowest BCUT2D eigenvalue weighted by atomic mass is 10.1. The number of halogens is 2. The van der Waals surface area contributed by atoms with E-state index in [0.29, 0.717) is 46.4 Å². The molecule has 0 saturated carbocycles. The summed E-state index contributed by atoms with van der Waals surface area (Å²) in [6.45, 7) is 2.21. The van der Waals surface area contributed by atoms with Crippen molar-refractivity contribution >= 4 is 52.3 Å². The average molecular weight is 554 g/mol. The third-order valence-electron chi connectivity index (χ3n) is 5.98. The lowest BCUT2D eigenvalue weighted by Gasteiger charge is -2.16. The maximum atomic E-state index is 13.1. The maximum Gasteiger partial charge on any atom is 0.283 e. The Bertz CT molecular complexity index is 1450. The number of carbonyl (C=O) groups is 3. The van der Waals surface area contributed by atoms with Crippen molar-refractivity contribution in [3.05, 3.63) is 93.1 Å². The van der Waals surface area contributed by atoms with E-state index in [1.165, 1.54) is 6.07 Å². The third kappa shape index (κ3) is 5.61. The lowest BCUT2D eigenvalue weighted by molar-refractivity contribution is -0.120. The van der Waals surface area contributed by atoms with Crippen LogP contribution in [-0.2, 0) is 16.0 Å². The van der Waals surface area contributed by atoms with Crippen LogP contribution in [0.15, 0.2) is 71.4 Å². The fraction of sp³-hybridized carbons (Fsp3) is 0.179.